The van der Waals surface area contributed by atoms with Crippen molar-refractivity contribution in [2.45, 2.75) is 45.2 Å². The van der Waals surface area contributed by atoms with Crippen LogP contribution in [0.5, 0.6) is 0 Å². The molecular weight excluding hydrogens is 243 g/mol. The third kappa shape index (κ3) is 3.13. The normalized spacial score (nSPS) is 16.1. The first-order chi connectivity index (χ1) is 9.13. The molecule has 2 N–H and O–H groups in total. The second kappa shape index (κ2) is 6.15. The fourth-order valence-corrected chi connectivity index (χ4v) is 2.53. The Morgan fingerprint density at radius 3 is 3.05 bits per heavy atom. The van der Waals surface area contributed by atoms with Gasteiger partial charge in [0.15, 0.2) is 0 Å². The second-order valence-electron chi connectivity index (χ2n) is 5.14. The lowest BCUT2D eigenvalue weighted by Gasteiger charge is -2.31. The monoisotopic (exact) mass is 264 g/mol. The molecule has 1 aromatic carbocycles. The van der Waals surface area contributed by atoms with Crippen molar-refractivity contribution in [2.75, 3.05) is 6.54 Å². The molecule has 1 atom stereocenters. The minimum atomic E-state index is -0.421. The smallest absolute Gasteiger partial charge is 0.239 e. The summed E-state index contributed by atoms with van der Waals surface area (Å²) in [5, 5.41) is 0. The van der Waals surface area contributed by atoms with Crippen molar-refractivity contribution in [2.24, 2.45) is 5.73 Å². The van der Waals surface area contributed by atoms with Crippen molar-refractivity contribution in [3.8, 4) is 0 Å². The van der Waals surface area contributed by atoms with Crippen LogP contribution in [0.25, 0.3) is 0 Å². The minimum Gasteiger partial charge on any atom is -0.337 e. The molecular formula is C15H21FN2O. The Morgan fingerprint density at radius 2 is 2.32 bits per heavy atom. The van der Waals surface area contributed by atoms with Gasteiger partial charge in [0.1, 0.15) is 5.82 Å². The number of fused-ring (bicyclic) bond motifs is 1. The molecule has 1 aliphatic rings. The Labute approximate surface area is 113 Å². The molecule has 4 heteroatoms. The highest BCUT2D eigenvalue weighted by molar-refractivity contribution is 5.81. The molecule has 19 heavy (non-hydrogen) atoms. The van der Waals surface area contributed by atoms with E-state index in [1.165, 1.54) is 6.07 Å². The van der Waals surface area contributed by atoms with E-state index in [0.717, 1.165) is 30.4 Å². The van der Waals surface area contributed by atoms with Crippen LogP contribution in [-0.4, -0.2) is 23.4 Å². The van der Waals surface area contributed by atoms with E-state index in [2.05, 4.69) is 6.92 Å². The molecule has 0 aromatic heterocycles. The highest BCUT2D eigenvalue weighted by atomic mass is 19.1. The van der Waals surface area contributed by atoms with E-state index in [0.29, 0.717) is 19.5 Å². The SMILES string of the molecule is CCCC[C@H](N)C(=O)N1CCc2c(F)cccc2C1. The maximum atomic E-state index is 13.6. The van der Waals surface area contributed by atoms with Crippen LogP contribution in [0.3, 0.4) is 0 Å². The van der Waals surface area contributed by atoms with Crippen LogP contribution in [0.4, 0.5) is 4.39 Å². The number of halogens is 1. The first-order valence-corrected chi connectivity index (χ1v) is 6.94. The van der Waals surface area contributed by atoms with Gasteiger partial charge in [0.25, 0.3) is 0 Å². The zero-order valence-corrected chi connectivity index (χ0v) is 11.4. The molecule has 0 unspecified atom stereocenters. The summed E-state index contributed by atoms with van der Waals surface area (Å²) in [5.41, 5.74) is 7.57. The third-order valence-electron chi connectivity index (χ3n) is 3.71. The van der Waals surface area contributed by atoms with E-state index >= 15 is 0 Å². The summed E-state index contributed by atoms with van der Waals surface area (Å²) >= 11 is 0. The number of carbonyl (C=O) groups excluding carboxylic acids is 1. The molecule has 0 spiro atoms. The van der Waals surface area contributed by atoms with Crippen molar-refractivity contribution in [3.05, 3.63) is 35.1 Å². The standard InChI is InChI=1S/C15H21FN2O/c1-2-3-7-14(17)15(19)18-9-8-12-11(10-18)5-4-6-13(12)16/h4-6,14H,2-3,7-10,17H2,1H3/t14-/m0/s1. The van der Waals surface area contributed by atoms with Crippen molar-refractivity contribution >= 4 is 5.91 Å². The van der Waals surface area contributed by atoms with E-state index in [9.17, 15) is 9.18 Å². The molecule has 0 saturated carbocycles. The number of carbonyl (C=O) groups is 1. The van der Waals surface area contributed by atoms with Crippen LogP contribution in [0.1, 0.15) is 37.3 Å². The van der Waals surface area contributed by atoms with E-state index in [1.54, 1.807) is 11.0 Å². The van der Waals surface area contributed by atoms with Crippen LogP contribution in [0.2, 0.25) is 0 Å². The molecule has 104 valence electrons. The van der Waals surface area contributed by atoms with E-state index < -0.39 is 6.04 Å². The summed E-state index contributed by atoms with van der Waals surface area (Å²) in [6.45, 7) is 3.12. The number of hydrogen-bond donors (Lipinski definition) is 1. The van der Waals surface area contributed by atoms with Crippen molar-refractivity contribution < 1.29 is 9.18 Å². The minimum absolute atomic E-state index is 0.0108. The van der Waals surface area contributed by atoms with Gasteiger partial charge in [0.2, 0.25) is 5.91 Å². The van der Waals surface area contributed by atoms with E-state index in [1.807, 2.05) is 6.07 Å². The van der Waals surface area contributed by atoms with Gasteiger partial charge in [-0.2, -0.15) is 0 Å². The molecule has 3 nitrogen and oxygen atoms in total. The Morgan fingerprint density at radius 1 is 1.53 bits per heavy atom. The largest absolute Gasteiger partial charge is 0.337 e. The number of nitrogens with two attached hydrogens (primary N) is 1. The Kier molecular flexibility index (Phi) is 4.53. The molecule has 1 aliphatic heterocycles. The van der Waals surface area contributed by atoms with Gasteiger partial charge >= 0.3 is 0 Å². The van der Waals surface area contributed by atoms with Gasteiger partial charge < -0.3 is 10.6 Å². The van der Waals surface area contributed by atoms with Crippen molar-refractivity contribution in [1.82, 2.24) is 4.90 Å². The lowest BCUT2D eigenvalue weighted by molar-refractivity contribution is -0.133. The number of benzene rings is 1. The second-order valence-corrected chi connectivity index (χ2v) is 5.14. The highest BCUT2D eigenvalue weighted by Crippen LogP contribution is 2.22. The summed E-state index contributed by atoms with van der Waals surface area (Å²) < 4.78 is 13.6. The quantitative estimate of drug-likeness (QED) is 0.906. The van der Waals surface area contributed by atoms with Crippen LogP contribution >= 0.6 is 0 Å². The summed E-state index contributed by atoms with van der Waals surface area (Å²) in [4.78, 5) is 14.0. The van der Waals surface area contributed by atoms with E-state index in [-0.39, 0.29) is 11.7 Å². The molecule has 2 rings (SSSR count). The topological polar surface area (TPSA) is 46.3 Å². The zero-order chi connectivity index (χ0) is 13.8. The number of unbranched alkanes of at least 4 members (excludes halogenated alkanes) is 1. The average Bonchev–Trinajstić information content (AvgIpc) is 2.43. The first-order valence-electron chi connectivity index (χ1n) is 6.94. The molecule has 1 amide bonds. The molecule has 0 radical (unpaired) electrons. The Balaban J connectivity index is 2.03. The molecule has 1 aromatic rings. The highest BCUT2D eigenvalue weighted by Gasteiger charge is 2.25. The lowest BCUT2D eigenvalue weighted by Crippen LogP contribution is -2.45. The van der Waals surface area contributed by atoms with Crippen LogP contribution in [-0.2, 0) is 17.8 Å². The molecule has 0 saturated heterocycles. The summed E-state index contributed by atoms with van der Waals surface area (Å²) in [7, 11) is 0. The molecule has 1 heterocycles. The van der Waals surface area contributed by atoms with Gasteiger partial charge in [-0.25, -0.2) is 4.39 Å². The summed E-state index contributed by atoms with van der Waals surface area (Å²) in [6.07, 6.45) is 3.30. The van der Waals surface area contributed by atoms with Gasteiger partial charge in [0, 0.05) is 13.1 Å². The number of amides is 1. The Hall–Kier alpha value is -1.42. The average molecular weight is 264 g/mol. The maximum Gasteiger partial charge on any atom is 0.239 e. The maximum absolute atomic E-state index is 13.6. The van der Waals surface area contributed by atoms with Gasteiger partial charge in [-0.1, -0.05) is 31.9 Å². The third-order valence-corrected chi connectivity index (χ3v) is 3.71. The molecule has 0 aliphatic carbocycles. The summed E-state index contributed by atoms with van der Waals surface area (Å²) in [6, 6.07) is 4.63. The predicted molar refractivity (Wildman–Crippen MR) is 73.0 cm³/mol. The van der Waals surface area contributed by atoms with Gasteiger partial charge in [0.05, 0.1) is 6.04 Å². The lowest BCUT2D eigenvalue weighted by atomic mass is 9.98. The predicted octanol–water partition coefficient (Wildman–Crippen LogP) is 2.23. The van der Waals surface area contributed by atoms with Crippen molar-refractivity contribution in [1.29, 1.82) is 0 Å². The van der Waals surface area contributed by atoms with E-state index in [4.69, 9.17) is 5.73 Å². The summed E-state index contributed by atoms with van der Waals surface area (Å²) in [5.74, 6) is -0.178. The van der Waals surface area contributed by atoms with Crippen LogP contribution in [0, 0.1) is 5.82 Å². The van der Waals surface area contributed by atoms with Crippen LogP contribution in [0.15, 0.2) is 18.2 Å². The van der Waals surface area contributed by atoms with Crippen molar-refractivity contribution in [3.63, 3.8) is 0 Å². The molecule has 0 fully saturated rings. The fraction of sp³-hybridized carbons (Fsp3) is 0.533. The Bertz CT molecular complexity index is 461. The van der Waals surface area contributed by atoms with Gasteiger partial charge in [-0.05, 0) is 30.0 Å². The fourth-order valence-electron chi connectivity index (χ4n) is 2.53. The van der Waals surface area contributed by atoms with Gasteiger partial charge in [-0.15, -0.1) is 0 Å². The zero-order valence-electron chi connectivity index (χ0n) is 11.4. The first kappa shape index (κ1) is 14.0. The number of nitrogens with zero attached hydrogens (tertiary/aromatic N) is 1. The van der Waals surface area contributed by atoms with Crippen LogP contribution < -0.4 is 5.73 Å². The number of hydrogen-bond acceptors (Lipinski definition) is 2. The molecule has 0 bridgehead atoms. The van der Waals surface area contributed by atoms with Gasteiger partial charge in [-0.3, -0.25) is 4.79 Å². The number of rotatable bonds is 4.